The summed E-state index contributed by atoms with van der Waals surface area (Å²) in [6.45, 7) is 6.77. The third-order valence-corrected chi connectivity index (χ3v) is 5.17. The molecule has 0 aliphatic rings. The molecule has 180 valence electrons. The predicted octanol–water partition coefficient (Wildman–Crippen LogP) is 4.59. The summed E-state index contributed by atoms with van der Waals surface area (Å²) in [6.07, 6.45) is -0.379. The highest BCUT2D eigenvalue weighted by molar-refractivity contribution is 5.68. The molecule has 34 heavy (non-hydrogen) atoms. The van der Waals surface area contributed by atoms with E-state index in [2.05, 4.69) is 10.4 Å². The highest BCUT2D eigenvalue weighted by atomic mass is 16.6. The van der Waals surface area contributed by atoms with Crippen LogP contribution in [-0.4, -0.2) is 39.7 Å². The first-order valence-corrected chi connectivity index (χ1v) is 11.3. The second-order valence-electron chi connectivity index (χ2n) is 8.24. The Hall–Kier alpha value is -3.81. The third-order valence-electron chi connectivity index (χ3n) is 5.17. The Morgan fingerprint density at radius 3 is 2.56 bits per heavy atom. The van der Waals surface area contributed by atoms with Crippen LogP contribution < -0.4 is 10.1 Å². The van der Waals surface area contributed by atoms with Crippen molar-refractivity contribution < 1.29 is 24.2 Å². The average Bonchev–Trinajstić information content (AvgIpc) is 3.17. The molecule has 3 rings (SSSR count). The highest BCUT2D eigenvalue weighted by Gasteiger charge is 2.11. The van der Waals surface area contributed by atoms with E-state index in [-0.39, 0.29) is 19.1 Å². The fraction of sp³-hybridized carbons (Fsp3) is 0.346. The van der Waals surface area contributed by atoms with E-state index in [1.165, 1.54) is 0 Å². The van der Waals surface area contributed by atoms with Crippen molar-refractivity contribution in [2.24, 2.45) is 0 Å². The van der Waals surface area contributed by atoms with Crippen molar-refractivity contribution in [2.75, 3.05) is 6.61 Å². The number of amides is 1. The maximum atomic E-state index is 11.9. The summed E-state index contributed by atoms with van der Waals surface area (Å²) in [7, 11) is 0. The lowest BCUT2D eigenvalue weighted by atomic mass is 10.0. The van der Waals surface area contributed by atoms with Gasteiger partial charge in [-0.1, -0.05) is 36.4 Å². The van der Waals surface area contributed by atoms with Gasteiger partial charge in [0.1, 0.15) is 12.4 Å². The van der Waals surface area contributed by atoms with E-state index in [9.17, 15) is 9.59 Å². The van der Waals surface area contributed by atoms with Crippen LogP contribution >= 0.6 is 0 Å². The number of aliphatic carboxylic acids is 1. The molecule has 0 unspecified atom stereocenters. The topological polar surface area (TPSA) is 103 Å². The number of aromatic nitrogens is 2. The van der Waals surface area contributed by atoms with Crippen LogP contribution in [0.4, 0.5) is 4.79 Å². The first kappa shape index (κ1) is 24.8. The fourth-order valence-corrected chi connectivity index (χ4v) is 3.50. The number of hydrogen-bond donors (Lipinski definition) is 2. The maximum absolute atomic E-state index is 11.9. The molecule has 0 saturated carbocycles. The van der Waals surface area contributed by atoms with Crippen LogP contribution in [0.2, 0.25) is 0 Å². The summed E-state index contributed by atoms with van der Waals surface area (Å²) in [4.78, 5) is 22.9. The van der Waals surface area contributed by atoms with Gasteiger partial charge in [-0.2, -0.15) is 5.10 Å². The van der Waals surface area contributed by atoms with Crippen LogP contribution in [0.25, 0.3) is 11.3 Å². The van der Waals surface area contributed by atoms with Crippen molar-refractivity contribution in [3.05, 3.63) is 71.4 Å². The molecule has 8 heteroatoms. The van der Waals surface area contributed by atoms with Crippen LogP contribution in [0.3, 0.4) is 0 Å². The standard InChI is InChI=1S/C26H31N3O5/c1-18(2)34-26(32)27-17-22-16-23(11-9-20(22)10-12-25(30)31)33-14-13-29-19(3)15-24(28-29)21-7-5-4-6-8-21/h4-9,11,15-16,18H,10,12-14,17H2,1-3H3,(H,27,32)(H,30,31). The molecule has 0 aliphatic heterocycles. The van der Waals surface area contributed by atoms with Gasteiger partial charge in [0, 0.05) is 24.2 Å². The van der Waals surface area contributed by atoms with Gasteiger partial charge in [-0.25, -0.2) is 4.79 Å². The summed E-state index contributed by atoms with van der Waals surface area (Å²) >= 11 is 0. The first-order valence-electron chi connectivity index (χ1n) is 11.3. The number of rotatable bonds is 11. The number of carboxylic acid groups (broad SMARTS) is 1. The number of alkyl carbamates (subject to hydrolysis) is 1. The molecular formula is C26H31N3O5. The van der Waals surface area contributed by atoms with Gasteiger partial charge >= 0.3 is 12.1 Å². The van der Waals surface area contributed by atoms with Gasteiger partial charge in [-0.3, -0.25) is 9.48 Å². The van der Waals surface area contributed by atoms with E-state index in [0.717, 1.165) is 28.1 Å². The maximum Gasteiger partial charge on any atom is 0.407 e. The molecule has 0 fully saturated rings. The quantitative estimate of drug-likeness (QED) is 0.429. The molecule has 1 aromatic heterocycles. The number of benzene rings is 2. The molecule has 8 nitrogen and oxygen atoms in total. The lowest BCUT2D eigenvalue weighted by Gasteiger charge is -2.14. The number of carbonyl (C=O) groups is 2. The van der Waals surface area contributed by atoms with Crippen molar-refractivity contribution >= 4 is 12.1 Å². The van der Waals surface area contributed by atoms with Crippen LogP contribution in [0.5, 0.6) is 5.75 Å². The Kier molecular flexibility index (Phi) is 8.67. The van der Waals surface area contributed by atoms with Gasteiger partial charge in [0.2, 0.25) is 0 Å². The molecule has 2 N–H and O–H groups in total. The second kappa shape index (κ2) is 11.9. The summed E-state index contributed by atoms with van der Waals surface area (Å²) in [5.74, 6) is -0.232. The molecule has 0 bridgehead atoms. The minimum atomic E-state index is -0.872. The van der Waals surface area contributed by atoms with E-state index >= 15 is 0 Å². The zero-order chi connectivity index (χ0) is 24.5. The van der Waals surface area contributed by atoms with Gasteiger partial charge in [0.05, 0.1) is 18.3 Å². The summed E-state index contributed by atoms with van der Waals surface area (Å²) in [5.41, 5.74) is 4.66. The van der Waals surface area contributed by atoms with Crippen molar-refractivity contribution in [3.63, 3.8) is 0 Å². The number of carboxylic acids is 1. The Bertz CT molecular complexity index is 1110. The van der Waals surface area contributed by atoms with Gasteiger partial charge in [0.15, 0.2) is 0 Å². The lowest BCUT2D eigenvalue weighted by molar-refractivity contribution is -0.136. The van der Waals surface area contributed by atoms with Gasteiger partial charge < -0.3 is 19.9 Å². The molecule has 0 saturated heterocycles. The monoisotopic (exact) mass is 465 g/mol. The van der Waals surface area contributed by atoms with Crippen molar-refractivity contribution in [2.45, 2.75) is 52.8 Å². The molecule has 0 radical (unpaired) electrons. The molecule has 0 aliphatic carbocycles. The minimum absolute atomic E-state index is 0.00592. The summed E-state index contributed by atoms with van der Waals surface area (Å²) < 4.78 is 13.0. The number of ether oxygens (including phenoxy) is 2. The van der Waals surface area contributed by atoms with E-state index in [1.807, 2.05) is 66.2 Å². The Morgan fingerprint density at radius 1 is 1.09 bits per heavy atom. The number of nitrogens with zero attached hydrogens (tertiary/aromatic N) is 2. The SMILES string of the molecule is Cc1cc(-c2ccccc2)nn1CCOc1ccc(CCC(=O)O)c(CNC(=O)OC(C)C)c1. The average molecular weight is 466 g/mol. The van der Waals surface area contributed by atoms with Crippen molar-refractivity contribution in [1.82, 2.24) is 15.1 Å². The van der Waals surface area contributed by atoms with E-state index < -0.39 is 12.1 Å². The second-order valence-corrected chi connectivity index (χ2v) is 8.24. The molecule has 2 aromatic carbocycles. The number of hydrogen-bond acceptors (Lipinski definition) is 5. The smallest absolute Gasteiger partial charge is 0.407 e. The van der Waals surface area contributed by atoms with Crippen molar-refractivity contribution in [3.8, 4) is 17.0 Å². The van der Waals surface area contributed by atoms with E-state index in [4.69, 9.17) is 14.6 Å². The van der Waals surface area contributed by atoms with Gasteiger partial charge in [0.25, 0.3) is 0 Å². The van der Waals surface area contributed by atoms with Crippen molar-refractivity contribution in [1.29, 1.82) is 0 Å². The van der Waals surface area contributed by atoms with Crippen LogP contribution in [0.1, 0.15) is 37.1 Å². The van der Waals surface area contributed by atoms with E-state index in [0.29, 0.717) is 25.3 Å². The molecule has 0 atom stereocenters. The summed E-state index contributed by atoms with van der Waals surface area (Å²) in [6, 6.07) is 17.6. The number of nitrogens with one attached hydrogen (secondary N) is 1. The Morgan fingerprint density at radius 2 is 1.85 bits per heavy atom. The zero-order valence-corrected chi connectivity index (χ0v) is 19.8. The first-order chi connectivity index (χ1) is 16.3. The molecule has 3 aromatic rings. The Balaban J connectivity index is 1.64. The largest absolute Gasteiger partial charge is 0.492 e. The van der Waals surface area contributed by atoms with Crippen LogP contribution in [0.15, 0.2) is 54.6 Å². The Labute approximate surface area is 199 Å². The fourth-order valence-electron chi connectivity index (χ4n) is 3.50. The lowest BCUT2D eigenvalue weighted by Crippen LogP contribution is -2.26. The van der Waals surface area contributed by atoms with Crippen LogP contribution in [0, 0.1) is 6.92 Å². The van der Waals surface area contributed by atoms with E-state index in [1.54, 1.807) is 13.8 Å². The summed E-state index contributed by atoms with van der Waals surface area (Å²) in [5, 5.41) is 16.4. The minimum Gasteiger partial charge on any atom is -0.492 e. The highest BCUT2D eigenvalue weighted by Crippen LogP contribution is 2.21. The number of carbonyl (C=O) groups excluding carboxylic acids is 1. The normalized spacial score (nSPS) is 10.8. The number of aryl methyl sites for hydroxylation is 2. The molecule has 0 spiro atoms. The predicted molar refractivity (Wildman–Crippen MR) is 129 cm³/mol. The van der Waals surface area contributed by atoms with Crippen LogP contribution in [-0.2, 0) is 29.0 Å². The molecular weight excluding hydrogens is 434 g/mol. The third kappa shape index (κ3) is 7.37. The zero-order valence-electron chi connectivity index (χ0n) is 19.8. The van der Waals surface area contributed by atoms with Gasteiger partial charge in [-0.05, 0) is 56.5 Å². The molecule has 1 heterocycles. The molecule has 1 amide bonds. The van der Waals surface area contributed by atoms with Gasteiger partial charge in [-0.15, -0.1) is 0 Å².